The molecule has 0 aliphatic carbocycles. The van der Waals surface area contributed by atoms with Gasteiger partial charge in [-0.25, -0.2) is 14.8 Å². The van der Waals surface area contributed by atoms with E-state index in [-0.39, 0.29) is 5.95 Å². The Labute approximate surface area is 132 Å². The van der Waals surface area contributed by atoms with Gasteiger partial charge in [0.2, 0.25) is 5.95 Å². The Morgan fingerprint density at radius 2 is 1.90 bits per heavy atom. The van der Waals surface area contributed by atoms with E-state index in [0.717, 1.165) is 13.0 Å². The Morgan fingerprint density at radius 1 is 1.24 bits per heavy atom. The highest BCUT2D eigenvalue weighted by atomic mass is 35.5. The molecule has 2 N–H and O–H groups in total. The first-order valence-electron chi connectivity index (χ1n) is 6.45. The fourth-order valence-corrected chi connectivity index (χ4v) is 2.36. The van der Waals surface area contributed by atoms with Gasteiger partial charge in [-0.15, -0.1) is 0 Å². The van der Waals surface area contributed by atoms with Crippen molar-refractivity contribution < 1.29 is 0 Å². The molecule has 0 saturated heterocycles. The molecule has 0 saturated carbocycles. The number of para-hydroxylation sites is 1. The van der Waals surface area contributed by atoms with Crippen LogP contribution in [-0.4, -0.2) is 21.1 Å². The Balaban J connectivity index is 2.45. The van der Waals surface area contributed by atoms with E-state index in [4.69, 9.17) is 23.2 Å². The number of aryl methyl sites for hydroxylation is 1. The molecule has 0 amide bonds. The number of halogens is 2. The van der Waals surface area contributed by atoms with Crippen molar-refractivity contribution in [2.75, 3.05) is 12.0 Å². The molecule has 21 heavy (non-hydrogen) atoms. The number of hydrogen-bond acceptors (Lipinski definition) is 5. The summed E-state index contributed by atoms with van der Waals surface area (Å²) >= 11 is 12.2. The molecule has 0 bridgehead atoms. The molecule has 2 rings (SSSR count). The number of rotatable bonds is 5. The van der Waals surface area contributed by atoms with E-state index in [1.54, 1.807) is 25.1 Å². The highest BCUT2D eigenvalue weighted by Crippen LogP contribution is 2.27. The van der Waals surface area contributed by atoms with Crippen LogP contribution in [0.2, 0.25) is 10.0 Å². The van der Waals surface area contributed by atoms with E-state index >= 15 is 0 Å². The molecule has 0 aliphatic rings. The van der Waals surface area contributed by atoms with Gasteiger partial charge in [-0.2, -0.15) is 9.97 Å². The van der Waals surface area contributed by atoms with E-state index in [1.807, 2.05) is 6.92 Å². The van der Waals surface area contributed by atoms with Crippen molar-refractivity contribution in [3.05, 3.63) is 44.6 Å². The number of hydrogen-bond donors (Lipinski definition) is 2. The second-order valence-electron chi connectivity index (χ2n) is 4.33. The Hall–Kier alpha value is -1.63. The molecule has 0 aliphatic heterocycles. The third-order valence-corrected chi connectivity index (χ3v) is 3.33. The molecule has 0 fully saturated rings. The summed E-state index contributed by atoms with van der Waals surface area (Å²) in [6, 6.07) is 5.02. The lowest BCUT2D eigenvalue weighted by molar-refractivity contribution is 0.732. The van der Waals surface area contributed by atoms with Crippen LogP contribution in [0.1, 0.15) is 19.2 Å². The summed E-state index contributed by atoms with van der Waals surface area (Å²) in [5.41, 5.74) is 5.58. The van der Waals surface area contributed by atoms with Crippen LogP contribution in [0.3, 0.4) is 0 Å². The Morgan fingerprint density at radius 3 is 2.48 bits per heavy atom. The highest BCUT2D eigenvalue weighted by molar-refractivity contribution is 6.37. The fourth-order valence-electron chi connectivity index (χ4n) is 1.79. The standard InChI is InChI=1S/C13H15Cl2N5O/c1-3-7-16-19-12-17-8(2)20(13(21)18-12)11-9(14)5-4-6-10(11)15/h4-6,16H,3,7H2,1-2H3,(H,18,19,21). The molecule has 6 nitrogen and oxygen atoms in total. The van der Waals surface area contributed by atoms with Crippen molar-refractivity contribution >= 4 is 29.2 Å². The predicted octanol–water partition coefficient (Wildman–Crippen LogP) is 2.57. The van der Waals surface area contributed by atoms with Crippen molar-refractivity contribution in [1.82, 2.24) is 20.0 Å². The van der Waals surface area contributed by atoms with Gasteiger partial charge in [0, 0.05) is 6.54 Å². The normalized spacial score (nSPS) is 10.7. The van der Waals surface area contributed by atoms with Crippen molar-refractivity contribution in [3.8, 4) is 5.69 Å². The Bertz CT molecular complexity index is 681. The minimum Gasteiger partial charge on any atom is -0.289 e. The first kappa shape index (κ1) is 15.8. The average Bonchev–Trinajstić information content (AvgIpc) is 2.41. The first-order chi connectivity index (χ1) is 10.0. The van der Waals surface area contributed by atoms with Crippen LogP contribution < -0.4 is 16.5 Å². The van der Waals surface area contributed by atoms with Gasteiger partial charge < -0.3 is 0 Å². The van der Waals surface area contributed by atoms with Gasteiger partial charge in [0.1, 0.15) is 5.82 Å². The van der Waals surface area contributed by atoms with E-state index in [1.165, 1.54) is 4.57 Å². The fraction of sp³-hybridized carbons (Fsp3) is 0.308. The summed E-state index contributed by atoms with van der Waals surface area (Å²) in [5.74, 6) is 0.649. The summed E-state index contributed by atoms with van der Waals surface area (Å²) in [4.78, 5) is 20.3. The molecule has 0 atom stereocenters. The quantitative estimate of drug-likeness (QED) is 0.652. The summed E-state index contributed by atoms with van der Waals surface area (Å²) in [6.45, 7) is 4.45. The molecule has 0 unspecified atom stereocenters. The molecule has 8 heteroatoms. The van der Waals surface area contributed by atoms with Crippen molar-refractivity contribution in [1.29, 1.82) is 0 Å². The number of hydrazine groups is 1. The molecule has 2 aromatic rings. The number of benzene rings is 1. The van der Waals surface area contributed by atoms with Crippen molar-refractivity contribution in [2.45, 2.75) is 20.3 Å². The van der Waals surface area contributed by atoms with Crippen LogP contribution in [0, 0.1) is 6.92 Å². The van der Waals surface area contributed by atoms with Crippen LogP contribution in [0.25, 0.3) is 5.69 Å². The largest absolute Gasteiger partial charge is 0.357 e. The minimum absolute atomic E-state index is 0.213. The highest BCUT2D eigenvalue weighted by Gasteiger charge is 2.14. The molecule has 0 spiro atoms. The average molecular weight is 328 g/mol. The molecule has 1 aromatic carbocycles. The van der Waals surface area contributed by atoms with E-state index < -0.39 is 5.69 Å². The monoisotopic (exact) mass is 327 g/mol. The zero-order valence-electron chi connectivity index (χ0n) is 11.7. The molecule has 112 valence electrons. The predicted molar refractivity (Wildman–Crippen MR) is 84.3 cm³/mol. The van der Waals surface area contributed by atoms with Crippen LogP contribution in [0.4, 0.5) is 5.95 Å². The summed E-state index contributed by atoms with van der Waals surface area (Å²) in [5, 5.41) is 0.724. The summed E-state index contributed by atoms with van der Waals surface area (Å²) in [6.07, 6.45) is 0.943. The second kappa shape index (κ2) is 6.89. The zero-order valence-corrected chi connectivity index (χ0v) is 13.2. The third kappa shape index (κ3) is 3.53. The summed E-state index contributed by atoms with van der Waals surface area (Å²) in [7, 11) is 0. The van der Waals surface area contributed by atoms with Crippen molar-refractivity contribution in [2.24, 2.45) is 0 Å². The number of aromatic nitrogens is 3. The SMILES string of the molecule is CCCNNc1nc(C)n(-c2c(Cl)cccc2Cl)c(=O)n1. The van der Waals surface area contributed by atoms with Gasteiger partial charge >= 0.3 is 5.69 Å². The zero-order chi connectivity index (χ0) is 15.4. The number of anilines is 1. The molecular formula is C13H15Cl2N5O. The smallest absolute Gasteiger partial charge is 0.289 e. The van der Waals surface area contributed by atoms with Crippen LogP contribution in [0.15, 0.2) is 23.0 Å². The molecule has 1 aromatic heterocycles. The lowest BCUT2D eigenvalue weighted by Crippen LogP contribution is -2.30. The van der Waals surface area contributed by atoms with Crippen LogP contribution >= 0.6 is 23.2 Å². The third-order valence-electron chi connectivity index (χ3n) is 2.72. The lowest BCUT2D eigenvalue weighted by atomic mass is 10.3. The van der Waals surface area contributed by atoms with Crippen LogP contribution in [-0.2, 0) is 0 Å². The van der Waals surface area contributed by atoms with Gasteiger partial charge in [0.15, 0.2) is 0 Å². The maximum Gasteiger partial charge on any atom is 0.357 e. The van der Waals surface area contributed by atoms with E-state index in [9.17, 15) is 4.79 Å². The van der Waals surface area contributed by atoms with Crippen molar-refractivity contribution in [3.63, 3.8) is 0 Å². The maximum absolute atomic E-state index is 12.2. The Kier molecular flexibility index (Phi) is 5.17. The molecule has 1 heterocycles. The van der Waals surface area contributed by atoms with Gasteiger partial charge in [-0.3, -0.25) is 5.43 Å². The van der Waals surface area contributed by atoms with Gasteiger partial charge in [-0.05, 0) is 25.5 Å². The molecule has 0 radical (unpaired) electrons. The van der Waals surface area contributed by atoms with Gasteiger partial charge in [0.05, 0.1) is 15.7 Å². The van der Waals surface area contributed by atoms with Crippen LogP contribution in [0.5, 0.6) is 0 Å². The minimum atomic E-state index is -0.502. The first-order valence-corrected chi connectivity index (χ1v) is 7.21. The topological polar surface area (TPSA) is 71.8 Å². The number of nitrogens with one attached hydrogen (secondary N) is 2. The second-order valence-corrected chi connectivity index (χ2v) is 5.15. The summed E-state index contributed by atoms with van der Waals surface area (Å²) < 4.78 is 1.29. The maximum atomic E-state index is 12.2. The van der Waals surface area contributed by atoms with Gasteiger partial charge in [0.25, 0.3) is 0 Å². The lowest BCUT2D eigenvalue weighted by Gasteiger charge is -2.13. The van der Waals surface area contributed by atoms with E-state index in [2.05, 4.69) is 20.8 Å². The number of nitrogens with zero attached hydrogens (tertiary/aromatic N) is 3. The van der Waals surface area contributed by atoms with E-state index in [0.29, 0.717) is 21.6 Å². The van der Waals surface area contributed by atoms with Gasteiger partial charge in [-0.1, -0.05) is 36.2 Å². The molecular weight excluding hydrogens is 313 g/mol.